The average molecular weight is 296 g/mol. The first-order chi connectivity index (χ1) is 9.56. The molecule has 0 aromatic heterocycles. The van der Waals surface area contributed by atoms with E-state index in [1.165, 1.54) is 12.1 Å². The van der Waals surface area contributed by atoms with E-state index in [1.807, 2.05) is 0 Å². The van der Waals surface area contributed by atoms with Gasteiger partial charge in [0.1, 0.15) is 11.6 Å². The Balaban J connectivity index is 1.92. The van der Waals surface area contributed by atoms with Crippen LogP contribution >= 0.6 is 11.8 Å². The Bertz CT molecular complexity index is 628. The highest BCUT2D eigenvalue weighted by Crippen LogP contribution is 2.21. The average Bonchev–Trinajstić information content (AvgIpc) is 2.43. The zero-order valence-electron chi connectivity index (χ0n) is 10.4. The number of halogens is 3. The van der Waals surface area contributed by atoms with E-state index in [0.29, 0.717) is 10.5 Å². The molecule has 0 amide bonds. The molecule has 1 nitrogen and oxygen atoms in total. The Morgan fingerprint density at radius 2 is 1.70 bits per heavy atom. The second kappa shape index (κ2) is 6.61. The number of hydrogen-bond donors (Lipinski definition) is 0. The molecule has 2 rings (SSSR count). The fraction of sp³-hybridized carbons (Fsp3) is 0.133. The van der Waals surface area contributed by atoms with Gasteiger partial charge in [-0.05, 0) is 29.8 Å². The fourth-order valence-electron chi connectivity index (χ4n) is 1.64. The molecule has 2 aromatic carbocycles. The van der Waals surface area contributed by atoms with Crippen molar-refractivity contribution >= 4 is 17.5 Å². The van der Waals surface area contributed by atoms with Gasteiger partial charge in [0.25, 0.3) is 0 Å². The summed E-state index contributed by atoms with van der Waals surface area (Å²) in [4.78, 5) is 12.2. The van der Waals surface area contributed by atoms with E-state index in [1.54, 1.807) is 18.2 Å². The van der Waals surface area contributed by atoms with Gasteiger partial charge in [0.05, 0.1) is 5.75 Å². The fourth-order valence-corrected chi connectivity index (χ4v) is 2.42. The molecule has 104 valence electrons. The van der Waals surface area contributed by atoms with Gasteiger partial charge in [-0.1, -0.05) is 18.2 Å². The molecular formula is C15H11F3OS. The number of carbonyl (C=O) groups is 1. The number of benzene rings is 2. The molecule has 2 aromatic rings. The minimum absolute atomic E-state index is 0.0106. The summed E-state index contributed by atoms with van der Waals surface area (Å²) in [6.45, 7) is 0. The third-order valence-corrected chi connectivity index (χ3v) is 3.69. The first-order valence-corrected chi connectivity index (χ1v) is 6.88. The lowest BCUT2D eigenvalue weighted by Gasteiger charge is -2.03. The minimum Gasteiger partial charge on any atom is -0.298 e. The van der Waals surface area contributed by atoms with Crippen molar-refractivity contribution in [2.24, 2.45) is 0 Å². The van der Waals surface area contributed by atoms with Crippen LogP contribution in [0.5, 0.6) is 0 Å². The first-order valence-electron chi connectivity index (χ1n) is 5.89. The van der Waals surface area contributed by atoms with E-state index in [9.17, 15) is 18.0 Å². The molecule has 0 N–H and O–H groups in total. The second-order valence-corrected chi connectivity index (χ2v) is 5.22. The maximum absolute atomic E-state index is 13.4. The summed E-state index contributed by atoms with van der Waals surface area (Å²) in [7, 11) is 0. The second-order valence-electron chi connectivity index (χ2n) is 4.17. The standard InChI is InChI=1S/C15H11F3OS/c16-13-4-2-1-3-10(13)7-11(19)9-20-12-5-6-14(17)15(18)8-12/h1-6,8H,7,9H2. The van der Waals surface area contributed by atoms with Crippen molar-refractivity contribution in [3.8, 4) is 0 Å². The lowest BCUT2D eigenvalue weighted by molar-refractivity contribution is -0.116. The van der Waals surface area contributed by atoms with Crippen molar-refractivity contribution in [3.63, 3.8) is 0 Å². The summed E-state index contributed by atoms with van der Waals surface area (Å²) >= 11 is 1.10. The van der Waals surface area contributed by atoms with Gasteiger partial charge >= 0.3 is 0 Å². The van der Waals surface area contributed by atoms with Crippen LogP contribution in [0.3, 0.4) is 0 Å². The third kappa shape index (κ3) is 3.87. The molecule has 0 saturated carbocycles. The smallest absolute Gasteiger partial charge is 0.159 e. The van der Waals surface area contributed by atoms with Gasteiger partial charge in [-0.2, -0.15) is 0 Å². The zero-order valence-corrected chi connectivity index (χ0v) is 11.2. The summed E-state index contributed by atoms with van der Waals surface area (Å²) in [5.74, 6) is -2.38. The highest BCUT2D eigenvalue weighted by molar-refractivity contribution is 8.00. The predicted molar refractivity (Wildman–Crippen MR) is 72.2 cm³/mol. The lowest BCUT2D eigenvalue weighted by Crippen LogP contribution is -2.07. The maximum atomic E-state index is 13.4. The van der Waals surface area contributed by atoms with E-state index in [2.05, 4.69) is 0 Å². The van der Waals surface area contributed by atoms with Crippen LogP contribution in [0.2, 0.25) is 0 Å². The Hall–Kier alpha value is -1.75. The molecule has 0 spiro atoms. The molecule has 5 heteroatoms. The van der Waals surface area contributed by atoms with Crippen LogP contribution in [0.4, 0.5) is 13.2 Å². The monoisotopic (exact) mass is 296 g/mol. The SMILES string of the molecule is O=C(CSc1ccc(F)c(F)c1)Cc1ccccc1F. The number of hydrogen-bond acceptors (Lipinski definition) is 2. The van der Waals surface area contributed by atoms with Gasteiger partial charge in [0, 0.05) is 11.3 Å². The van der Waals surface area contributed by atoms with Gasteiger partial charge in [-0.15, -0.1) is 11.8 Å². The van der Waals surface area contributed by atoms with Crippen LogP contribution in [0.25, 0.3) is 0 Å². The van der Waals surface area contributed by atoms with Crippen LogP contribution in [-0.2, 0) is 11.2 Å². The van der Waals surface area contributed by atoms with E-state index in [0.717, 1.165) is 23.9 Å². The molecule has 0 aliphatic heterocycles. The van der Waals surface area contributed by atoms with E-state index in [-0.39, 0.29) is 18.0 Å². The molecule has 20 heavy (non-hydrogen) atoms. The summed E-state index contributed by atoms with van der Waals surface area (Å²) < 4.78 is 39.1. The van der Waals surface area contributed by atoms with Crippen molar-refractivity contribution in [1.29, 1.82) is 0 Å². The van der Waals surface area contributed by atoms with Gasteiger partial charge < -0.3 is 0 Å². The summed E-state index contributed by atoms with van der Waals surface area (Å²) in [6, 6.07) is 9.52. The number of thioether (sulfide) groups is 1. The summed E-state index contributed by atoms with van der Waals surface area (Å²) in [6.07, 6.45) is -0.0106. The highest BCUT2D eigenvalue weighted by Gasteiger charge is 2.09. The van der Waals surface area contributed by atoms with Crippen molar-refractivity contribution in [1.82, 2.24) is 0 Å². The first kappa shape index (κ1) is 14.7. The van der Waals surface area contributed by atoms with Gasteiger partial charge in [-0.3, -0.25) is 4.79 Å². The number of carbonyl (C=O) groups excluding carboxylic acids is 1. The van der Waals surface area contributed by atoms with Crippen LogP contribution in [0, 0.1) is 17.5 Å². The molecule has 0 heterocycles. The number of ketones is 1. The molecule has 0 aliphatic rings. The van der Waals surface area contributed by atoms with Crippen LogP contribution in [0.1, 0.15) is 5.56 Å². The quantitative estimate of drug-likeness (QED) is 0.776. The van der Waals surface area contributed by atoms with Crippen molar-refractivity contribution in [2.75, 3.05) is 5.75 Å². The Kier molecular flexibility index (Phi) is 4.84. The maximum Gasteiger partial charge on any atom is 0.159 e. The van der Waals surface area contributed by atoms with Gasteiger partial charge in [-0.25, -0.2) is 13.2 Å². The molecule has 0 fully saturated rings. The third-order valence-electron chi connectivity index (χ3n) is 2.64. The van der Waals surface area contributed by atoms with Gasteiger partial charge in [0.2, 0.25) is 0 Å². The molecule has 0 aliphatic carbocycles. The van der Waals surface area contributed by atoms with Crippen LogP contribution < -0.4 is 0 Å². The molecular weight excluding hydrogens is 285 g/mol. The molecule has 0 radical (unpaired) electrons. The topological polar surface area (TPSA) is 17.1 Å². The lowest BCUT2D eigenvalue weighted by atomic mass is 10.1. The summed E-state index contributed by atoms with van der Waals surface area (Å²) in [5, 5.41) is 0. The van der Waals surface area contributed by atoms with E-state index < -0.39 is 17.5 Å². The number of Topliss-reactive ketones (excluding diaryl/α,β-unsaturated/α-hetero) is 1. The largest absolute Gasteiger partial charge is 0.298 e. The normalized spacial score (nSPS) is 10.6. The van der Waals surface area contributed by atoms with E-state index >= 15 is 0 Å². The Morgan fingerprint density at radius 3 is 2.40 bits per heavy atom. The predicted octanol–water partition coefficient (Wildman–Crippen LogP) is 4.01. The van der Waals surface area contributed by atoms with E-state index in [4.69, 9.17) is 0 Å². The minimum atomic E-state index is -0.948. The molecule has 0 unspecified atom stereocenters. The van der Waals surface area contributed by atoms with Crippen LogP contribution in [-0.4, -0.2) is 11.5 Å². The van der Waals surface area contributed by atoms with Crippen molar-refractivity contribution in [2.45, 2.75) is 11.3 Å². The summed E-state index contributed by atoms with van der Waals surface area (Å²) in [5.41, 5.74) is 0.336. The molecule has 0 atom stereocenters. The Labute approximate surface area is 118 Å². The van der Waals surface area contributed by atoms with Crippen molar-refractivity contribution < 1.29 is 18.0 Å². The zero-order chi connectivity index (χ0) is 14.5. The molecule has 0 bridgehead atoms. The Morgan fingerprint density at radius 1 is 0.950 bits per heavy atom. The number of rotatable bonds is 5. The van der Waals surface area contributed by atoms with Crippen LogP contribution in [0.15, 0.2) is 47.4 Å². The molecule has 0 saturated heterocycles. The van der Waals surface area contributed by atoms with Gasteiger partial charge in [0.15, 0.2) is 11.6 Å². The highest BCUT2D eigenvalue weighted by atomic mass is 32.2. The van der Waals surface area contributed by atoms with Crippen molar-refractivity contribution in [3.05, 3.63) is 65.5 Å².